The van der Waals surface area contributed by atoms with Gasteiger partial charge in [0.05, 0.1) is 12.3 Å². The highest BCUT2D eigenvalue weighted by atomic mass is 19.4. The number of ether oxygens (including phenoxy) is 1. The van der Waals surface area contributed by atoms with Crippen LogP contribution in [0.3, 0.4) is 0 Å². The maximum absolute atomic E-state index is 12.3. The van der Waals surface area contributed by atoms with E-state index in [-0.39, 0.29) is 11.3 Å². The highest BCUT2D eigenvalue weighted by Gasteiger charge is 2.32. The molecule has 2 N–H and O–H groups in total. The van der Waals surface area contributed by atoms with Crippen LogP contribution >= 0.6 is 0 Å². The number of nitrogens with two attached hydrogens (primary N) is 1. The summed E-state index contributed by atoms with van der Waals surface area (Å²) in [4.78, 5) is 0. The first-order chi connectivity index (χ1) is 8.87. The third kappa shape index (κ3) is 3.29. The van der Waals surface area contributed by atoms with Crippen molar-refractivity contribution < 1.29 is 22.3 Å². The predicted molar refractivity (Wildman–Crippen MR) is 62.6 cm³/mol. The molecule has 19 heavy (non-hydrogen) atoms. The summed E-state index contributed by atoms with van der Waals surface area (Å²) in [6, 6.07) is 6.72. The number of hydrogen-bond donors (Lipinski definition) is 1. The van der Waals surface area contributed by atoms with E-state index in [0.29, 0.717) is 11.3 Å². The Labute approximate surface area is 107 Å². The fourth-order valence-corrected chi connectivity index (χ4v) is 1.76. The van der Waals surface area contributed by atoms with Crippen molar-refractivity contribution in [2.75, 3.05) is 0 Å². The Bertz CT molecular complexity index is 563. The first-order valence-electron chi connectivity index (χ1n) is 5.52. The molecule has 0 fully saturated rings. The van der Waals surface area contributed by atoms with Gasteiger partial charge in [-0.3, -0.25) is 0 Å². The monoisotopic (exact) mass is 271 g/mol. The first kappa shape index (κ1) is 13.5. The minimum Gasteiger partial charge on any atom is -0.469 e. The molecule has 6 heteroatoms. The fourth-order valence-electron chi connectivity index (χ4n) is 1.76. The van der Waals surface area contributed by atoms with Crippen LogP contribution in [-0.2, 0) is 0 Å². The number of para-hydroxylation sites is 1. The van der Waals surface area contributed by atoms with Gasteiger partial charge in [0, 0.05) is 11.1 Å². The molecule has 0 radical (unpaired) electrons. The molecule has 1 heterocycles. The molecule has 0 spiro atoms. The Kier molecular flexibility index (Phi) is 3.53. The molecule has 0 saturated heterocycles. The zero-order valence-electron chi connectivity index (χ0n) is 10.1. The van der Waals surface area contributed by atoms with E-state index in [0.717, 1.165) is 0 Å². The average molecular weight is 271 g/mol. The van der Waals surface area contributed by atoms with Crippen LogP contribution in [0, 0.1) is 6.92 Å². The topological polar surface area (TPSA) is 48.4 Å². The Morgan fingerprint density at radius 2 is 1.95 bits per heavy atom. The van der Waals surface area contributed by atoms with Gasteiger partial charge in [-0.2, -0.15) is 0 Å². The Morgan fingerprint density at radius 1 is 1.26 bits per heavy atom. The van der Waals surface area contributed by atoms with Crippen molar-refractivity contribution in [3.05, 3.63) is 53.5 Å². The molecule has 0 aliphatic carbocycles. The van der Waals surface area contributed by atoms with Crippen molar-refractivity contribution in [2.45, 2.75) is 19.3 Å². The molecule has 0 amide bonds. The Hall–Kier alpha value is -1.95. The highest BCUT2D eigenvalue weighted by Crippen LogP contribution is 2.32. The summed E-state index contributed by atoms with van der Waals surface area (Å²) >= 11 is 0. The van der Waals surface area contributed by atoms with Crippen LogP contribution in [0.5, 0.6) is 5.75 Å². The van der Waals surface area contributed by atoms with Crippen LogP contribution < -0.4 is 10.5 Å². The van der Waals surface area contributed by atoms with Gasteiger partial charge in [0.1, 0.15) is 11.5 Å². The number of rotatable bonds is 3. The third-order valence-electron chi connectivity index (χ3n) is 2.59. The van der Waals surface area contributed by atoms with Crippen LogP contribution in [0.15, 0.2) is 41.0 Å². The van der Waals surface area contributed by atoms with Crippen molar-refractivity contribution in [3.8, 4) is 5.75 Å². The van der Waals surface area contributed by atoms with Gasteiger partial charge in [-0.25, -0.2) is 0 Å². The molecule has 3 nitrogen and oxygen atoms in total. The summed E-state index contributed by atoms with van der Waals surface area (Å²) in [5.41, 5.74) is 6.79. The van der Waals surface area contributed by atoms with E-state index in [9.17, 15) is 13.2 Å². The maximum atomic E-state index is 12.3. The number of benzene rings is 1. The molecule has 0 aliphatic rings. The highest BCUT2D eigenvalue weighted by molar-refractivity contribution is 5.41. The number of aryl methyl sites for hydroxylation is 1. The second-order valence-electron chi connectivity index (χ2n) is 4.05. The summed E-state index contributed by atoms with van der Waals surface area (Å²) in [5.74, 6) is 0.334. The second-order valence-corrected chi connectivity index (χ2v) is 4.05. The second kappa shape index (κ2) is 4.97. The summed E-state index contributed by atoms with van der Waals surface area (Å²) in [6.45, 7) is 1.73. The number of halogens is 3. The molecule has 1 aromatic heterocycles. The molecule has 1 aromatic carbocycles. The van der Waals surface area contributed by atoms with Crippen molar-refractivity contribution in [1.82, 2.24) is 0 Å². The van der Waals surface area contributed by atoms with Gasteiger partial charge in [-0.05, 0) is 19.1 Å². The minimum atomic E-state index is -4.75. The van der Waals surface area contributed by atoms with E-state index in [4.69, 9.17) is 10.2 Å². The van der Waals surface area contributed by atoms with Crippen molar-refractivity contribution >= 4 is 0 Å². The van der Waals surface area contributed by atoms with Crippen LogP contribution in [0.2, 0.25) is 0 Å². The number of alkyl halides is 3. The molecule has 102 valence electrons. The fraction of sp³-hybridized carbons (Fsp3) is 0.231. The first-order valence-corrected chi connectivity index (χ1v) is 5.52. The van der Waals surface area contributed by atoms with E-state index < -0.39 is 12.4 Å². The van der Waals surface area contributed by atoms with Crippen LogP contribution in [-0.4, -0.2) is 6.36 Å². The summed E-state index contributed by atoms with van der Waals surface area (Å²) in [7, 11) is 0. The van der Waals surface area contributed by atoms with Crippen LogP contribution in [0.4, 0.5) is 13.2 Å². The lowest BCUT2D eigenvalue weighted by atomic mass is 10.0. The lowest BCUT2D eigenvalue weighted by Gasteiger charge is -2.16. The third-order valence-corrected chi connectivity index (χ3v) is 2.59. The molecule has 2 aromatic rings. The lowest BCUT2D eigenvalue weighted by molar-refractivity contribution is -0.274. The zero-order chi connectivity index (χ0) is 14.0. The molecular formula is C13H12F3NO2. The zero-order valence-corrected chi connectivity index (χ0v) is 10.1. The summed E-state index contributed by atoms with van der Waals surface area (Å²) < 4.78 is 46.0. The van der Waals surface area contributed by atoms with Gasteiger partial charge >= 0.3 is 6.36 Å². The summed E-state index contributed by atoms with van der Waals surface area (Å²) in [5, 5.41) is 0. The molecule has 1 atom stereocenters. The molecule has 1 unspecified atom stereocenters. The standard InChI is InChI=1S/C13H12F3NO2/c1-8-6-9(7-18-8)12(17)10-4-2-3-5-11(10)19-13(14,15)16/h2-7,12H,17H2,1H3. The van der Waals surface area contributed by atoms with Crippen LogP contribution in [0.1, 0.15) is 22.9 Å². The molecular weight excluding hydrogens is 259 g/mol. The van der Waals surface area contributed by atoms with E-state index in [1.807, 2.05) is 0 Å². The van der Waals surface area contributed by atoms with Gasteiger partial charge in [-0.15, -0.1) is 13.2 Å². The number of furan rings is 1. The van der Waals surface area contributed by atoms with Gasteiger partial charge in [-0.1, -0.05) is 18.2 Å². The van der Waals surface area contributed by atoms with E-state index in [1.54, 1.807) is 19.1 Å². The predicted octanol–water partition coefficient (Wildman–Crippen LogP) is 3.53. The van der Waals surface area contributed by atoms with E-state index in [1.165, 1.54) is 24.5 Å². The van der Waals surface area contributed by atoms with Crippen molar-refractivity contribution in [3.63, 3.8) is 0 Å². The van der Waals surface area contributed by atoms with E-state index >= 15 is 0 Å². The van der Waals surface area contributed by atoms with Gasteiger partial charge < -0.3 is 14.9 Å². The van der Waals surface area contributed by atoms with Gasteiger partial charge in [0.2, 0.25) is 0 Å². The normalized spacial score (nSPS) is 13.3. The minimum absolute atomic E-state index is 0.251. The average Bonchev–Trinajstić information content (AvgIpc) is 2.74. The number of hydrogen-bond acceptors (Lipinski definition) is 3. The lowest BCUT2D eigenvalue weighted by Crippen LogP contribution is -2.20. The Morgan fingerprint density at radius 3 is 2.53 bits per heavy atom. The largest absolute Gasteiger partial charge is 0.573 e. The van der Waals surface area contributed by atoms with Crippen molar-refractivity contribution in [1.29, 1.82) is 0 Å². The smallest absolute Gasteiger partial charge is 0.469 e. The van der Waals surface area contributed by atoms with E-state index in [2.05, 4.69) is 4.74 Å². The molecule has 0 aliphatic heterocycles. The summed E-state index contributed by atoms with van der Waals surface area (Å²) in [6.07, 6.45) is -3.33. The van der Waals surface area contributed by atoms with Gasteiger partial charge in [0.25, 0.3) is 0 Å². The molecule has 2 rings (SSSR count). The van der Waals surface area contributed by atoms with Gasteiger partial charge in [0.15, 0.2) is 0 Å². The van der Waals surface area contributed by atoms with Crippen molar-refractivity contribution in [2.24, 2.45) is 5.73 Å². The maximum Gasteiger partial charge on any atom is 0.573 e. The Balaban J connectivity index is 2.34. The van der Waals surface area contributed by atoms with Crippen LogP contribution in [0.25, 0.3) is 0 Å². The molecule has 0 saturated carbocycles. The molecule has 0 bridgehead atoms. The quantitative estimate of drug-likeness (QED) is 0.928. The SMILES string of the molecule is Cc1cc(C(N)c2ccccc2OC(F)(F)F)co1.